The summed E-state index contributed by atoms with van der Waals surface area (Å²) in [6, 6.07) is 8.12. The molecule has 0 spiro atoms. The monoisotopic (exact) mass is 248 g/mol. The number of piperidine rings is 1. The Bertz CT molecular complexity index is 331. The molecule has 0 unspecified atom stereocenters. The topological polar surface area (TPSA) is 24.5 Å². The number of likely N-dealkylation sites (tertiary alicyclic amines) is 1. The average molecular weight is 248 g/mol. The molecule has 2 rings (SSSR count). The lowest BCUT2D eigenvalue weighted by molar-refractivity contribution is 0.228. The average Bonchev–Trinajstić information content (AvgIpc) is 2.45. The number of benzene rings is 1. The van der Waals surface area contributed by atoms with Crippen LogP contribution < -0.4 is 10.1 Å². The SMILES string of the molecule is COc1ccc(NCCCN2CCCCC2)cc1. The van der Waals surface area contributed by atoms with Crippen molar-refractivity contribution in [1.82, 2.24) is 4.90 Å². The van der Waals surface area contributed by atoms with Gasteiger partial charge in [-0.1, -0.05) is 6.42 Å². The molecule has 1 aliphatic heterocycles. The maximum absolute atomic E-state index is 5.14. The van der Waals surface area contributed by atoms with Crippen LogP contribution >= 0.6 is 0 Å². The summed E-state index contributed by atoms with van der Waals surface area (Å²) in [5.41, 5.74) is 1.18. The van der Waals surface area contributed by atoms with Gasteiger partial charge >= 0.3 is 0 Å². The molecule has 0 bridgehead atoms. The first-order valence-corrected chi connectivity index (χ1v) is 6.99. The molecule has 0 saturated carbocycles. The molecule has 1 aromatic rings. The molecule has 0 aliphatic carbocycles. The first kappa shape index (κ1) is 13.2. The Morgan fingerprint density at radius 3 is 2.50 bits per heavy atom. The number of hydrogen-bond acceptors (Lipinski definition) is 3. The lowest BCUT2D eigenvalue weighted by atomic mass is 10.1. The zero-order valence-corrected chi connectivity index (χ0v) is 11.3. The van der Waals surface area contributed by atoms with E-state index in [-0.39, 0.29) is 0 Å². The van der Waals surface area contributed by atoms with Gasteiger partial charge in [0.05, 0.1) is 7.11 Å². The summed E-state index contributed by atoms with van der Waals surface area (Å²) < 4.78 is 5.14. The molecule has 0 radical (unpaired) electrons. The lowest BCUT2D eigenvalue weighted by Crippen LogP contribution is -2.31. The summed E-state index contributed by atoms with van der Waals surface area (Å²) in [6.45, 7) is 4.86. The third-order valence-corrected chi connectivity index (χ3v) is 3.52. The Hall–Kier alpha value is -1.22. The van der Waals surface area contributed by atoms with Gasteiger partial charge in [-0.15, -0.1) is 0 Å². The number of rotatable bonds is 6. The molecule has 1 N–H and O–H groups in total. The Balaban J connectivity index is 1.62. The third-order valence-electron chi connectivity index (χ3n) is 3.52. The summed E-state index contributed by atoms with van der Waals surface area (Å²) in [4.78, 5) is 2.58. The molecule has 1 aliphatic rings. The van der Waals surface area contributed by atoms with Crippen LogP contribution in [0.1, 0.15) is 25.7 Å². The van der Waals surface area contributed by atoms with Gasteiger partial charge in [0.25, 0.3) is 0 Å². The van der Waals surface area contributed by atoms with Gasteiger partial charge in [0.2, 0.25) is 0 Å². The summed E-state index contributed by atoms with van der Waals surface area (Å²) in [6.07, 6.45) is 5.39. The Morgan fingerprint density at radius 2 is 1.83 bits per heavy atom. The number of nitrogens with one attached hydrogen (secondary N) is 1. The van der Waals surface area contributed by atoms with E-state index < -0.39 is 0 Å². The van der Waals surface area contributed by atoms with Crippen molar-refractivity contribution in [1.29, 1.82) is 0 Å². The minimum Gasteiger partial charge on any atom is -0.497 e. The van der Waals surface area contributed by atoms with Crippen LogP contribution in [0.5, 0.6) is 5.75 Å². The molecule has 0 atom stereocenters. The summed E-state index contributed by atoms with van der Waals surface area (Å²) in [5, 5.41) is 3.45. The van der Waals surface area contributed by atoms with E-state index in [1.54, 1.807) is 7.11 Å². The molecule has 1 aromatic carbocycles. The Kier molecular flexibility index (Phi) is 5.34. The Morgan fingerprint density at radius 1 is 1.11 bits per heavy atom. The number of ether oxygens (including phenoxy) is 1. The molecule has 0 amide bonds. The van der Waals surface area contributed by atoms with E-state index in [0.717, 1.165) is 12.3 Å². The fraction of sp³-hybridized carbons (Fsp3) is 0.600. The van der Waals surface area contributed by atoms with Gasteiger partial charge in [0.1, 0.15) is 5.75 Å². The van der Waals surface area contributed by atoms with Crippen LogP contribution in [-0.2, 0) is 0 Å². The highest BCUT2D eigenvalue weighted by atomic mass is 16.5. The molecular formula is C15H24N2O. The standard InChI is InChI=1S/C15H24N2O/c1-18-15-8-6-14(7-9-15)16-10-5-13-17-11-3-2-4-12-17/h6-9,16H,2-5,10-13H2,1H3. The highest BCUT2D eigenvalue weighted by Crippen LogP contribution is 2.15. The molecule has 3 heteroatoms. The van der Waals surface area contributed by atoms with E-state index in [4.69, 9.17) is 4.74 Å². The summed E-state index contributed by atoms with van der Waals surface area (Å²) in [7, 11) is 1.70. The first-order valence-electron chi connectivity index (χ1n) is 6.99. The molecule has 0 aromatic heterocycles. The number of nitrogens with zero attached hydrogens (tertiary/aromatic N) is 1. The number of hydrogen-bond donors (Lipinski definition) is 1. The van der Waals surface area contributed by atoms with Crippen LogP contribution in [0.2, 0.25) is 0 Å². The van der Waals surface area contributed by atoms with Crippen LogP contribution in [0.25, 0.3) is 0 Å². The normalized spacial score (nSPS) is 16.5. The van der Waals surface area contributed by atoms with Crippen LogP contribution in [-0.4, -0.2) is 38.2 Å². The molecule has 18 heavy (non-hydrogen) atoms. The molecule has 1 heterocycles. The van der Waals surface area contributed by atoms with Crippen molar-refractivity contribution in [2.45, 2.75) is 25.7 Å². The second-order valence-electron chi connectivity index (χ2n) is 4.91. The van der Waals surface area contributed by atoms with Crippen molar-refractivity contribution in [3.8, 4) is 5.75 Å². The maximum atomic E-state index is 5.14. The zero-order chi connectivity index (χ0) is 12.6. The molecule has 3 nitrogen and oxygen atoms in total. The van der Waals surface area contributed by atoms with E-state index >= 15 is 0 Å². The van der Waals surface area contributed by atoms with Crippen LogP contribution in [0, 0.1) is 0 Å². The quantitative estimate of drug-likeness (QED) is 0.783. The fourth-order valence-corrected chi connectivity index (χ4v) is 2.43. The summed E-state index contributed by atoms with van der Waals surface area (Å²) in [5.74, 6) is 0.911. The summed E-state index contributed by atoms with van der Waals surface area (Å²) >= 11 is 0. The van der Waals surface area contributed by atoms with E-state index in [9.17, 15) is 0 Å². The number of methoxy groups -OCH3 is 1. The van der Waals surface area contributed by atoms with Crippen molar-refractivity contribution in [3.63, 3.8) is 0 Å². The highest BCUT2D eigenvalue weighted by molar-refractivity contribution is 5.46. The molecule has 1 fully saturated rings. The first-order chi connectivity index (χ1) is 8.88. The smallest absolute Gasteiger partial charge is 0.119 e. The van der Waals surface area contributed by atoms with Gasteiger partial charge in [0.15, 0.2) is 0 Å². The maximum Gasteiger partial charge on any atom is 0.119 e. The number of anilines is 1. The fourth-order valence-electron chi connectivity index (χ4n) is 2.43. The van der Waals surface area contributed by atoms with E-state index in [2.05, 4.69) is 22.3 Å². The van der Waals surface area contributed by atoms with E-state index in [1.807, 2.05) is 12.1 Å². The predicted molar refractivity (Wildman–Crippen MR) is 76.4 cm³/mol. The van der Waals surface area contributed by atoms with Crippen LogP contribution in [0.3, 0.4) is 0 Å². The largest absolute Gasteiger partial charge is 0.497 e. The van der Waals surface area contributed by atoms with Gasteiger partial charge in [-0.05, 0) is 63.2 Å². The van der Waals surface area contributed by atoms with Gasteiger partial charge in [-0.2, -0.15) is 0 Å². The minimum absolute atomic E-state index is 0.911. The third kappa shape index (κ3) is 4.22. The van der Waals surface area contributed by atoms with E-state index in [0.29, 0.717) is 0 Å². The molecule has 1 saturated heterocycles. The molecule has 100 valence electrons. The van der Waals surface area contributed by atoms with Crippen molar-refractivity contribution in [3.05, 3.63) is 24.3 Å². The van der Waals surface area contributed by atoms with Crippen molar-refractivity contribution in [2.24, 2.45) is 0 Å². The Labute approximate surface area is 110 Å². The van der Waals surface area contributed by atoms with Gasteiger partial charge in [-0.3, -0.25) is 0 Å². The van der Waals surface area contributed by atoms with Gasteiger partial charge < -0.3 is 15.0 Å². The van der Waals surface area contributed by atoms with Crippen molar-refractivity contribution in [2.75, 3.05) is 38.6 Å². The van der Waals surface area contributed by atoms with Crippen LogP contribution in [0.15, 0.2) is 24.3 Å². The second-order valence-corrected chi connectivity index (χ2v) is 4.91. The predicted octanol–water partition coefficient (Wildman–Crippen LogP) is 2.98. The van der Waals surface area contributed by atoms with Gasteiger partial charge in [0, 0.05) is 12.2 Å². The lowest BCUT2D eigenvalue weighted by Gasteiger charge is -2.26. The highest BCUT2D eigenvalue weighted by Gasteiger charge is 2.08. The van der Waals surface area contributed by atoms with Crippen molar-refractivity contribution < 1.29 is 4.74 Å². The van der Waals surface area contributed by atoms with E-state index in [1.165, 1.54) is 51.0 Å². The minimum atomic E-state index is 0.911. The zero-order valence-electron chi connectivity index (χ0n) is 11.3. The van der Waals surface area contributed by atoms with Crippen molar-refractivity contribution >= 4 is 5.69 Å². The van der Waals surface area contributed by atoms with Gasteiger partial charge in [-0.25, -0.2) is 0 Å². The van der Waals surface area contributed by atoms with Crippen LogP contribution in [0.4, 0.5) is 5.69 Å². The molecular weight excluding hydrogens is 224 g/mol. The second kappa shape index (κ2) is 7.27.